The van der Waals surface area contributed by atoms with Gasteiger partial charge < -0.3 is 5.11 Å². The number of carbonyl (C=O) groups is 1. The first-order valence-electron chi connectivity index (χ1n) is 5.71. The van der Waals surface area contributed by atoms with Gasteiger partial charge in [0.1, 0.15) is 5.75 Å². The first-order chi connectivity index (χ1) is 8.16. The second-order valence-electron chi connectivity index (χ2n) is 4.15. The molecular weight excluding hydrogens is 331 g/mol. The van der Waals surface area contributed by atoms with Gasteiger partial charge in [-0.25, -0.2) is 5.01 Å². The molecule has 0 aliphatic carbocycles. The van der Waals surface area contributed by atoms with Gasteiger partial charge in [-0.15, -0.1) is 0 Å². The van der Waals surface area contributed by atoms with Crippen molar-refractivity contribution >= 4 is 28.5 Å². The highest BCUT2D eigenvalue weighted by atomic mass is 127. The maximum Gasteiger partial charge on any atom is 0.269 e. The molecule has 1 heterocycles. The minimum Gasteiger partial charge on any atom is -0.507 e. The predicted octanol–water partition coefficient (Wildman–Crippen LogP) is 2.13. The van der Waals surface area contributed by atoms with Gasteiger partial charge in [-0.05, 0) is 53.6 Å². The van der Waals surface area contributed by atoms with E-state index in [2.05, 4.69) is 28.0 Å². The van der Waals surface area contributed by atoms with Crippen LogP contribution in [0, 0.1) is 3.57 Å². The summed E-state index contributed by atoms with van der Waals surface area (Å²) >= 11 is 2.12. The lowest BCUT2D eigenvalue weighted by Crippen LogP contribution is -2.45. The van der Waals surface area contributed by atoms with E-state index in [1.54, 1.807) is 18.2 Å². The molecule has 4 nitrogen and oxygen atoms in total. The molecule has 17 heavy (non-hydrogen) atoms. The number of phenolic OH excluding ortho intramolecular Hbond substituents is 1. The van der Waals surface area contributed by atoms with Crippen molar-refractivity contribution in [3.63, 3.8) is 0 Å². The zero-order valence-electron chi connectivity index (χ0n) is 9.45. The molecule has 0 bridgehead atoms. The van der Waals surface area contributed by atoms with Gasteiger partial charge in [0.15, 0.2) is 0 Å². The number of amides is 1. The fraction of sp³-hybridized carbons (Fsp3) is 0.417. The summed E-state index contributed by atoms with van der Waals surface area (Å²) in [4.78, 5) is 12.0. The summed E-state index contributed by atoms with van der Waals surface area (Å²) < 4.78 is 0.934. The Morgan fingerprint density at radius 3 is 2.71 bits per heavy atom. The smallest absolute Gasteiger partial charge is 0.269 e. The molecule has 1 aliphatic heterocycles. The summed E-state index contributed by atoms with van der Waals surface area (Å²) in [5.41, 5.74) is 3.17. The zero-order valence-corrected chi connectivity index (χ0v) is 11.6. The lowest BCUT2D eigenvalue weighted by atomic mass is 10.1. The summed E-state index contributed by atoms with van der Waals surface area (Å²) in [6.45, 7) is 1.77. The van der Waals surface area contributed by atoms with Gasteiger partial charge >= 0.3 is 0 Å². The molecular formula is C12H15IN2O2. The van der Waals surface area contributed by atoms with Gasteiger partial charge in [-0.1, -0.05) is 6.42 Å². The fourth-order valence-electron chi connectivity index (χ4n) is 1.90. The lowest BCUT2D eigenvalue weighted by Gasteiger charge is -2.26. The predicted molar refractivity (Wildman–Crippen MR) is 73.7 cm³/mol. The monoisotopic (exact) mass is 346 g/mol. The third-order valence-corrected chi connectivity index (χ3v) is 3.49. The molecule has 0 spiro atoms. The molecule has 0 radical (unpaired) electrons. The van der Waals surface area contributed by atoms with Crippen LogP contribution in [-0.4, -0.2) is 29.1 Å². The highest BCUT2D eigenvalue weighted by Gasteiger charge is 2.16. The van der Waals surface area contributed by atoms with E-state index in [1.807, 2.05) is 5.01 Å². The fourth-order valence-corrected chi connectivity index (χ4v) is 2.39. The van der Waals surface area contributed by atoms with Crippen LogP contribution in [-0.2, 0) is 0 Å². The normalized spacial score (nSPS) is 16.8. The van der Waals surface area contributed by atoms with Crippen LogP contribution in [0.1, 0.15) is 29.6 Å². The van der Waals surface area contributed by atoms with Crippen molar-refractivity contribution in [2.75, 3.05) is 13.1 Å². The number of nitrogens with zero attached hydrogens (tertiary/aromatic N) is 1. The Bertz CT molecular complexity index is 417. The highest BCUT2D eigenvalue weighted by Crippen LogP contribution is 2.19. The third-order valence-electron chi connectivity index (χ3n) is 2.82. The van der Waals surface area contributed by atoms with Crippen molar-refractivity contribution in [1.29, 1.82) is 0 Å². The van der Waals surface area contributed by atoms with E-state index in [9.17, 15) is 9.90 Å². The van der Waals surface area contributed by atoms with E-state index in [1.165, 1.54) is 6.42 Å². The minimum atomic E-state index is -0.233. The van der Waals surface area contributed by atoms with Crippen LogP contribution in [0.15, 0.2) is 18.2 Å². The summed E-state index contributed by atoms with van der Waals surface area (Å²) in [6.07, 6.45) is 3.44. The van der Waals surface area contributed by atoms with Crippen molar-refractivity contribution in [1.82, 2.24) is 10.4 Å². The van der Waals surface area contributed by atoms with Gasteiger partial charge in [0, 0.05) is 16.7 Å². The highest BCUT2D eigenvalue weighted by molar-refractivity contribution is 14.1. The second-order valence-corrected chi connectivity index (χ2v) is 5.40. The molecule has 1 saturated heterocycles. The quantitative estimate of drug-likeness (QED) is 0.807. The first kappa shape index (κ1) is 12.6. The van der Waals surface area contributed by atoms with E-state index in [0.717, 1.165) is 29.5 Å². The number of carbonyl (C=O) groups excluding carboxylic acids is 1. The average molecular weight is 346 g/mol. The Kier molecular flexibility index (Phi) is 4.22. The number of halogens is 1. The Morgan fingerprint density at radius 1 is 1.29 bits per heavy atom. The lowest BCUT2D eigenvalue weighted by molar-refractivity contribution is 0.0747. The van der Waals surface area contributed by atoms with Gasteiger partial charge in [0.2, 0.25) is 0 Å². The molecule has 1 amide bonds. The maximum atomic E-state index is 12.0. The van der Waals surface area contributed by atoms with Gasteiger partial charge in [0.25, 0.3) is 5.91 Å². The minimum absolute atomic E-state index is 0.0277. The van der Waals surface area contributed by atoms with E-state index in [-0.39, 0.29) is 11.7 Å². The van der Waals surface area contributed by atoms with Crippen LogP contribution >= 0.6 is 22.6 Å². The molecule has 1 aliphatic rings. The van der Waals surface area contributed by atoms with Crippen LogP contribution in [0.25, 0.3) is 0 Å². The Labute approximate surface area is 114 Å². The zero-order chi connectivity index (χ0) is 12.3. The third kappa shape index (κ3) is 3.32. The summed E-state index contributed by atoms with van der Waals surface area (Å²) in [6, 6.07) is 5.01. The molecule has 1 aromatic rings. The van der Waals surface area contributed by atoms with Crippen LogP contribution in [0.2, 0.25) is 0 Å². The molecule has 0 saturated carbocycles. The standard InChI is InChI=1S/C12H15IN2O2/c13-9-4-5-11(16)10(8-9)12(17)14-15-6-2-1-3-7-15/h4-5,8,16H,1-3,6-7H2,(H,14,17). The van der Waals surface area contributed by atoms with Crippen molar-refractivity contribution in [3.8, 4) is 5.75 Å². The Balaban J connectivity index is 2.05. The molecule has 1 aromatic carbocycles. The van der Waals surface area contributed by atoms with Crippen LogP contribution in [0.4, 0.5) is 0 Å². The van der Waals surface area contributed by atoms with Crippen molar-refractivity contribution in [2.45, 2.75) is 19.3 Å². The van der Waals surface area contributed by atoms with E-state index in [4.69, 9.17) is 0 Å². The van der Waals surface area contributed by atoms with Crippen LogP contribution in [0.5, 0.6) is 5.75 Å². The van der Waals surface area contributed by atoms with Crippen molar-refractivity contribution < 1.29 is 9.90 Å². The number of hydrogen-bond acceptors (Lipinski definition) is 3. The van der Waals surface area contributed by atoms with Crippen molar-refractivity contribution in [2.24, 2.45) is 0 Å². The van der Waals surface area contributed by atoms with Crippen LogP contribution in [0.3, 0.4) is 0 Å². The number of benzene rings is 1. The Hall–Kier alpha value is -0.820. The van der Waals surface area contributed by atoms with E-state index in [0.29, 0.717) is 5.56 Å². The largest absolute Gasteiger partial charge is 0.507 e. The number of piperidine rings is 1. The van der Waals surface area contributed by atoms with E-state index >= 15 is 0 Å². The molecule has 5 heteroatoms. The van der Waals surface area contributed by atoms with E-state index < -0.39 is 0 Å². The molecule has 1 fully saturated rings. The summed E-state index contributed by atoms with van der Waals surface area (Å²) in [5, 5.41) is 11.6. The molecule has 0 aromatic heterocycles. The number of phenols is 1. The number of rotatable bonds is 2. The summed E-state index contributed by atoms with van der Waals surface area (Å²) in [5.74, 6) is -0.206. The number of aromatic hydroxyl groups is 1. The van der Waals surface area contributed by atoms with Crippen LogP contribution < -0.4 is 5.43 Å². The Morgan fingerprint density at radius 2 is 2.00 bits per heavy atom. The molecule has 2 rings (SSSR count). The van der Waals surface area contributed by atoms with Gasteiger partial charge in [-0.3, -0.25) is 10.2 Å². The SMILES string of the molecule is O=C(NN1CCCCC1)c1cc(I)ccc1O. The number of hydrogen-bond donors (Lipinski definition) is 2. The topological polar surface area (TPSA) is 52.6 Å². The molecule has 2 N–H and O–H groups in total. The van der Waals surface area contributed by atoms with Crippen molar-refractivity contribution in [3.05, 3.63) is 27.3 Å². The summed E-state index contributed by atoms with van der Waals surface area (Å²) in [7, 11) is 0. The average Bonchev–Trinajstić information content (AvgIpc) is 2.33. The number of hydrazine groups is 1. The number of nitrogens with one attached hydrogen (secondary N) is 1. The van der Waals surface area contributed by atoms with Gasteiger partial charge in [-0.2, -0.15) is 0 Å². The molecule has 92 valence electrons. The maximum absolute atomic E-state index is 12.0. The molecule has 0 atom stereocenters. The second kappa shape index (κ2) is 5.68. The van der Waals surface area contributed by atoms with Gasteiger partial charge in [0.05, 0.1) is 5.56 Å². The molecule has 0 unspecified atom stereocenters. The first-order valence-corrected chi connectivity index (χ1v) is 6.79.